The van der Waals surface area contributed by atoms with E-state index in [2.05, 4.69) is 5.10 Å². The van der Waals surface area contributed by atoms with Crippen molar-refractivity contribution in [2.45, 2.75) is 19.4 Å². The molecule has 0 bridgehead atoms. The highest BCUT2D eigenvalue weighted by Gasteiger charge is 2.23. The maximum Gasteiger partial charge on any atom is 0.147 e. The summed E-state index contributed by atoms with van der Waals surface area (Å²) in [7, 11) is 0. The Balaban J connectivity index is 2.52. The van der Waals surface area contributed by atoms with Gasteiger partial charge >= 0.3 is 0 Å². The number of aromatic nitrogens is 2. The summed E-state index contributed by atoms with van der Waals surface area (Å²) < 4.78 is 14.9. The van der Waals surface area contributed by atoms with E-state index >= 15 is 0 Å². The van der Waals surface area contributed by atoms with Crippen LogP contribution >= 0.6 is 22.9 Å². The van der Waals surface area contributed by atoms with Crippen molar-refractivity contribution in [1.29, 1.82) is 0 Å². The van der Waals surface area contributed by atoms with Crippen LogP contribution in [0.5, 0.6) is 0 Å². The summed E-state index contributed by atoms with van der Waals surface area (Å²) >= 11 is 7.24. The normalized spacial score (nSPS) is 11.8. The molecule has 0 saturated heterocycles. The number of aldehydes is 1. The summed E-state index contributed by atoms with van der Waals surface area (Å²) in [4.78, 5) is 11.3. The van der Waals surface area contributed by atoms with E-state index in [4.69, 9.17) is 11.6 Å². The summed E-state index contributed by atoms with van der Waals surface area (Å²) in [5, 5.41) is 6.14. The van der Waals surface area contributed by atoms with Crippen LogP contribution in [0.2, 0.25) is 5.02 Å². The van der Waals surface area contributed by atoms with Gasteiger partial charge in [-0.15, -0.1) is 11.3 Å². The van der Waals surface area contributed by atoms with Gasteiger partial charge in [-0.25, -0.2) is 4.39 Å². The molecule has 2 rings (SSSR count). The lowest BCUT2D eigenvalue weighted by atomic mass is 10.1. The monoisotopic (exact) mass is 272 g/mol. The molecule has 0 atom stereocenters. The Morgan fingerprint density at radius 3 is 2.82 bits per heavy atom. The van der Waals surface area contributed by atoms with Crippen molar-refractivity contribution in [3.05, 3.63) is 28.5 Å². The molecule has 2 aromatic heterocycles. The highest BCUT2D eigenvalue weighted by atomic mass is 35.5. The van der Waals surface area contributed by atoms with Crippen molar-refractivity contribution < 1.29 is 9.18 Å². The Kier molecular flexibility index (Phi) is 3.05. The van der Waals surface area contributed by atoms with E-state index in [9.17, 15) is 9.18 Å². The Morgan fingerprint density at radius 1 is 1.59 bits per heavy atom. The van der Waals surface area contributed by atoms with E-state index in [1.165, 1.54) is 28.3 Å². The smallest absolute Gasteiger partial charge is 0.147 e. The zero-order valence-electron chi connectivity index (χ0n) is 9.28. The summed E-state index contributed by atoms with van der Waals surface area (Å²) in [5.41, 5.74) is -0.426. The van der Waals surface area contributed by atoms with E-state index < -0.39 is 5.54 Å². The molecule has 2 heterocycles. The molecule has 0 saturated carbocycles. The molecule has 0 amide bonds. The number of halogens is 2. The zero-order chi connectivity index (χ0) is 12.6. The van der Waals surface area contributed by atoms with Gasteiger partial charge in [-0.3, -0.25) is 4.68 Å². The molecule has 17 heavy (non-hydrogen) atoms. The van der Waals surface area contributed by atoms with Crippen LogP contribution < -0.4 is 0 Å². The molecule has 2 aromatic rings. The van der Waals surface area contributed by atoms with Crippen molar-refractivity contribution in [3.63, 3.8) is 0 Å². The van der Waals surface area contributed by atoms with E-state index in [1.54, 1.807) is 19.2 Å². The third-order valence-electron chi connectivity index (χ3n) is 2.38. The van der Waals surface area contributed by atoms with Crippen LogP contribution in [0, 0.1) is 5.82 Å². The second-order valence-electron chi connectivity index (χ2n) is 4.14. The predicted molar refractivity (Wildman–Crippen MR) is 65.9 cm³/mol. The summed E-state index contributed by atoms with van der Waals surface area (Å²) in [6, 6.07) is 1.36. The van der Waals surface area contributed by atoms with Gasteiger partial charge in [0.2, 0.25) is 0 Å². The zero-order valence-corrected chi connectivity index (χ0v) is 10.8. The van der Waals surface area contributed by atoms with Crippen LogP contribution in [-0.4, -0.2) is 16.1 Å². The van der Waals surface area contributed by atoms with Gasteiger partial charge in [0.25, 0.3) is 0 Å². The van der Waals surface area contributed by atoms with Crippen LogP contribution in [-0.2, 0) is 10.3 Å². The van der Waals surface area contributed by atoms with Gasteiger partial charge in [0.1, 0.15) is 23.3 Å². The standard InChI is InChI=1S/C11H10ClFN2OS/c1-11(2,6-16)15-5-7(12)9(14-15)10-8(13)3-4-17-10/h3-6H,1-2H3. The number of thiophene rings is 1. The average molecular weight is 273 g/mol. The number of hydrogen-bond acceptors (Lipinski definition) is 3. The van der Waals surface area contributed by atoms with E-state index in [0.29, 0.717) is 15.6 Å². The molecule has 0 unspecified atom stereocenters. The Labute approximate surface area is 107 Å². The van der Waals surface area contributed by atoms with Gasteiger partial charge in [0.05, 0.1) is 9.90 Å². The third kappa shape index (κ3) is 2.12. The van der Waals surface area contributed by atoms with Crippen molar-refractivity contribution in [2.24, 2.45) is 0 Å². The van der Waals surface area contributed by atoms with Crippen LogP contribution in [0.3, 0.4) is 0 Å². The molecule has 90 valence electrons. The number of rotatable bonds is 3. The highest BCUT2D eigenvalue weighted by molar-refractivity contribution is 7.13. The molecule has 0 aliphatic rings. The maximum atomic E-state index is 13.4. The minimum Gasteiger partial charge on any atom is -0.301 e. The topological polar surface area (TPSA) is 34.9 Å². The van der Waals surface area contributed by atoms with Crippen LogP contribution in [0.4, 0.5) is 4.39 Å². The molecule has 3 nitrogen and oxygen atoms in total. The average Bonchev–Trinajstić information content (AvgIpc) is 2.85. The van der Waals surface area contributed by atoms with Gasteiger partial charge in [0, 0.05) is 6.20 Å². The predicted octanol–water partition coefficient (Wildman–Crippen LogP) is 3.34. The van der Waals surface area contributed by atoms with E-state index in [1.807, 2.05) is 0 Å². The fourth-order valence-electron chi connectivity index (χ4n) is 1.32. The van der Waals surface area contributed by atoms with Crippen molar-refractivity contribution in [1.82, 2.24) is 9.78 Å². The van der Waals surface area contributed by atoms with E-state index in [-0.39, 0.29) is 5.82 Å². The minimum absolute atomic E-state index is 0.335. The summed E-state index contributed by atoms with van der Waals surface area (Å²) in [5.74, 6) is -0.356. The summed E-state index contributed by atoms with van der Waals surface area (Å²) in [6.07, 6.45) is 2.30. The first kappa shape index (κ1) is 12.3. The molecule has 0 N–H and O–H groups in total. The maximum absolute atomic E-state index is 13.4. The second-order valence-corrected chi connectivity index (χ2v) is 5.46. The van der Waals surface area contributed by atoms with Gasteiger partial charge in [-0.05, 0) is 25.3 Å². The number of nitrogens with zero attached hydrogens (tertiary/aromatic N) is 2. The Bertz CT molecular complexity index is 562. The minimum atomic E-state index is -0.796. The molecule has 6 heteroatoms. The SMILES string of the molecule is CC(C)(C=O)n1cc(Cl)c(-c2sccc2F)n1. The number of carbonyl (C=O) groups excluding carboxylic acids is 1. The quantitative estimate of drug-likeness (QED) is 0.803. The molecular formula is C11H10ClFN2OS. The summed E-state index contributed by atoms with van der Waals surface area (Å²) in [6.45, 7) is 3.41. The molecule has 0 aromatic carbocycles. The van der Waals surface area contributed by atoms with Gasteiger partial charge < -0.3 is 4.79 Å². The molecule has 0 aliphatic carbocycles. The van der Waals surface area contributed by atoms with Crippen molar-refractivity contribution >= 4 is 29.2 Å². The lowest BCUT2D eigenvalue weighted by Gasteiger charge is -2.16. The van der Waals surface area contributed by atoms with Gasteiger partial charge in [0.15, 0.2) is 0 Å². The third-order valence-corrected chi connectivity index (χ3v) is 3.55. The van der Waals surface area contributed by atoms with Crippen molar-refractivity contribution in [3.8, 4) is 10.6 Å². The Hall–Kier alpha value is -1.20. The molecule has 0 aliphatic heterocycles. The highest BCUT2D eigenvalue weighted by Crippen LogP contribution is 2.33. The second kappa shape index (κ2) is 4.23. The molecule has 0 radical (unpaired) electrons. The van der Waals surface area contributed by atoms with Gasteiger partial charge in [-0.1, -0.05) is 11.6 Å². The Morgan fingerprint density at radius 2 is 2.29 bits per heavy atom. The number of hydrogen-bond donors (Lipinski definition) is 0. The lowest BCUT2D eigenvalue weighted by Crippen LogP contribution is -2.28. The van der Waals surface area contributed by atoms with Crippen LogP contribution in [0.1, 0.15) is 13.8 Å². The van der Waals surface area contributed by atoms with Crippen molar-refractivity contribution in [2.75, 3.05) is 0 Å². The first-order valence-corrected chi connectivity index (χ1v) is 6.17. The fraction of sp³-hybridized carbons (Fsp3) is 0.273. The molecular weight excluding hydrogens is 263 g/mol. The lowest BCUT2D eigenvalue weighted by molar-refractivity contribution is -0.114. The molecule has 0 fully saturated rings. The van der Waals surface area contributed by atoms with Crippen LogP contribution in [0.15, 0.2) is 17.6 Å². The molecule has 0 spiro atoms. The first-order chi connectivity index (χ1) is 7.95. The van der Waals surface area contributed by atoms with Crippen LogP contribution in [0.25, 0.3) is 10.6 Å². The van der Waals surface area contributed by atoms with Gasteiger partial charge in [-0.2, -0.15) is 5.10 Å². The largest absolute Gasteiger partial charge is 0.301 e. The van der Waals surface area contributed by atoms with E-state index in [0.717, 1.165) is 6.29 Å². The first-order valence-electron chi connectivity index (χ1n) is 4.91. The number of carbonyl (C=O) groups is 1. The fourth-order valence-corrected chi connectivity index (χ4v) is 2.37.